The van der Waals surface area contributed by atoms with E-state index in [9.17, 15) is 4.79 Å². The maximum absolute atomic E-state index is 11.5. The Hall–Kier alpha value is -1.07. The number of hydrogen-bond acceptors (Lipinski definition) is 4. The van der Waals surface area contributed by atoms with E-state index in [0.717, 1.165) is 42.3 Å². The molecule has 1 aliphatic heterocycles. The van der Waals surface area contributed by atoms with Crippen molar-refractivity contribution in [2.24, 2.45) is 11.3 Å². The number of esters is 1. The molecule has 1 aromatic carbocycles. The van der Waals surface area contributed by atoms with Gasteiger partial charge in [0.2, 0.25) is 0 Å². The highest BCUT2D eigenvalue weighted by Crippen LogP contribution is 2.53. The molecule has 1 saturated carbocycles. The second kappa shape index (κ2) is 8.09. The average molecular weight is 410 g/mol. The third kappa shape index (κ3) is 4.56. The van der Waals surface area contributed by atoms with E-state index in [4.69, 9.17) is 9.47 Å². The molecule has 4 nitrogen and oxygen atoms in total. The summed E-state index contributed by atoms with van der Waals surface area (Å²) in [6, 6.07) is 6.09. The number of carbonyl (C=O) groups excluding carboxylic acids is 1. The van der Waals surface area contributed by atoms with E-state index in [2.05, 4.69) is 27.8 Å². The number of benzene rings is 1. The monoisotopic (exact) mass is 409 g/mol. The number of hydrogen-bond donors (Lipinski definition) is 0. The highest BCUT2D eigenvalue weighted by molar-refractivity contribution is 9.10. The summed E-state index contributed by atoms with van der Waals surface area (Å²) >= 11 is 3.54. The lowest BCUT2D eigenvalue weighted by Crippen LogP contribution is -2.63. The van der Waals surface area contributed by atoms with Crippen molar-refractivity contribution in [2.75, 3.05) is 32.8 Å². The van der Waals surface area contributed by atoms with Gasteiger partial charge in [-0.25, -0.2) is 0 Å². The highest BCUT2D eigenvalue weighted by Gasteiger charge is 2.51. The van der Waals surface area contributed by atoms with Gasteiger partial charge in [0.1, 0.15) is 5.75 Å². The van der Waals surface area contributed by atoms with Crippen LogP contribution in [0.15, 0.2) is 22.7 Å². The summed E-state index contributed by atoms with van der Waals surface area (Å²) in [5, 5.41) is 0. The van der Waals surface area contributed by atoms with E-state index in [-0.39, 0.29) is 5.97 Å². The van der Waals surface area contributed by atoms with Gasteiger partial charge in [-0.15, -0.1) is 0 Å². The molecule has 1 spiro atoms. The third-order valence-corrected chi connectivity index (χ3v) is 6.31. The predicted molar refractivity (Wildman–Crippen MR) is 102 cm³/mol. The molecule has 2 fully saturated rings. The summed E-state index contributed by atoms with van der Waals surface area (Å²) in [5.41, 5.74) is 1.67. The van der Waals surface area contributed by atoms with Crippen LogP contribution in [0.3, 0.4) is 0 Å². The van der Waals surface area contributed by atoms with Crippen LogP contribution >= 0.6 is 15.9 Å². The largest absolute Gasteiger partial charge is 0.493 e. The molecule has 0 atom stereocenters. The van der Waals surface area contributed by atoms with Gasteiger partial charge in [0.05, 0.1) is 19.8 Å². The molecule has 0 unspecified atom stereocenters. The fraction of sp³-hybridized carbons (Fsp3) is 0.650. The van der Waals surface area contributed by atoms with Crippen LogP contribution in [0, 0.1) is 18.3 Å². The number of carbonyl (C=O) groups is 1. The normalized spacial score (nSPS) is 19.3. The highest BCUT2D eigenvalue weighted by atomic mass is 79.9. The lowest BCUT2D eigenvalue weighted by Gasteiger charge is -2.59. The van der Waals surface area contributed by atoms with Gasteiger partial charge < -0.3 is 9.47 Å². The van der Waals surface area contributed by atoms with Crippen LogP contribution in [0.5, 0.6) is 5.75 Å². The Bertz CT molecular complexity index is 605. The Morgan fingerprint density at radius 1 is 1.36 bits per heavy atom. The molecule has 3 rings (SSSR count). The van der Waals surface area contributed by atoms with Gasteiger partial charge >= 0.3 is 5.97 Å². The van der Waals surface area contributed by atoms with Crippen LogP contribution in [0.4, 0.5) is 0 Å². The summed E-state index contributed by atoms with van der Waals surface area (Å²) in [6.45, 7) is 7.78. The standard InChI is InChI=1S/C20H28BrNO3/c1-3-24-19(23)12-22-13-20(14-22)10-16(11-20)6-5-9-25-18-8-4-7-17(21)15(18)2/h4,7-8,16H,3,5-6,9-14H2,1-2H3. The Kier molecular flexibility index (Phi) is 6.05. The lowest BCUT2D eigenvalue weighted by molar-refractivity contribution is -0.153. The van der Waals surface area contributed by atoms with Gasteiger partial charge in [0.15, 0.2) is 0 Å². The first kappa shape index (κ1) is 18.7. The first-order chi connectivity index (χ1) is 12.0. The molecule has 1 saturated heterocycles. The van der Waals surface area contributed by atoms with Gasteiger partial charge in [-0.05, 0) is 63.0 Å². The Balaban J connectivity index is 1.28. The molecule has 5 heteroatoms. The summed E-state index contributed by atoms with van der Waals surface area (Å²) in [7, 11) is 0. The molecule has 1 aliphatic carbocycles. The van der Waals surface area contributed by atoms with Crippen LogP contribution in [-0.2, 0) is 9.53 Å². The fourth-order valence-electron chi connectivity index (χ4n) is 4.33. The number of rotatable bonds is 8. The minimum absolute atomic E-state index is 0.0896. The zero-order chi connectivity index (χ0) is 17.9. The average Bonchev–Trinajstić information content (AvgIpc) is 2.50. The number of likely N-dealkylation sites (tertiary alicyclic amines) is 1. The topological polar surface area (TPSA) is 38.8 Å². The smallest absolute Gasteiger partial charge is 0.320 e. The van der Waals surface area contributed by atoms with Crippen molar-refractivity contribution in [3.05, 3.63) is 28.2 Å². The molecule has 1 aromatic rings. The molecule has 0 amide bonds. The van der Waals surface area contributed by atoms with Gasteiger partial charge in [-0.2, -0.15) is 0 Å². The summed E-state index contributed by atoms with van der Waals surface area (Å²) in [6.07, 6.45) is 4.97. The van der Waals surface area contributed by atoms with E-state index >= 15 is 0 Å². The summed E-state index contributed by atoms with van der Waals surface area (Å²) < 4.78 is 12.0. The molecule has 1 heterocycles. The predicted octanol–water partition coefficient (Wildman–Crippen LogP) is 4.19. The van der Waals surface area contributed by atoms with Crippen LogP contribution in [0.25, 0.3) is 0 Å². The Morgan fingerprint density at radius 3 is 2.84 bits per heavy atom. The molecule has 0 radical (unpaired) electrons. The van der Waals surface area contributed by atoms with Crippen LogP contribution in [0.2, 0.25) is 0 Å². The molecular weight excluding hydrogens is 382 g/mol. The second-order valence-electron chi connectivity index (χ2n) is 7.58. The number of halogens is 1. The van der Waals surface area contributed by atoms with E-state index in [1.54, 1.807) is 0 Å². The van der Waals surface area contributed by atoms with E-state index in [0.29, 0.717) is 18.6 Å². The molecule has 0 N–H and O–H groups in total. The quantitative estimate of drug-likeness (QED) is 0.476. The van der Waals surface area contributed by atoms with Crippen molar-refractivity contribution in [1.29, 1.82) is 0 Å². The van der Waals surface area contributed by atoms with Gasteiger partial charge in [-0.1, -0.05) is 22.0 Å². The van der Waals surface area contributed by atoms with Crippen LogP contribution in [-0.4, -0.2) is 43.7 Å². The Labute approximate surface area is 159 Å². The minimum Gasteiger partial charge on any atom is -0.493 e. The Morgan fingerprint density at radius 2 is 2.12 bits per heavy atom. The van der Waals surface area contributed by atoms with Crippen LogP contribution in [0.1, 0.15) is 38.2 Å². The maximum Gasteiger partial charge on any atom is 0.320 e. The number of ether oxygens (including phenoxy) is 2. The molecule has 2 aliphatic rings. The molecule has 25 heavy (non-hydrogen) atoms. The second-order valence-corrected chi connectivity index (χ2v) is 8.43. The van der Waals surface area contributed by atoms with E-state index < -0.39 is 0 Å². The van der Waals surface area contributed by atoms with Crippen molar-refractivity contribution in [1.82, 2.24) is 4.90 Å². The lowest BCUT2D eigenvalue weighted by atomic mass is 9.57. The van der Waals surface area contributed by atoms with Crippen molar-refractivity contribution >= 4 is 21.9 Å². The zero-order valence-electron chi connectivity index (χ0n) is 15.2. The van der Waals surface area contributed by atoms with E-state index in [1.807, 2.05) is 25.1 Å². The molecule has 0 aromatic heterocycles. The van der Waals surface area contributed by atoms with Crippen molar-refractivity contribution in [2.45, 2.75) is 39.5 Å². The van der Waals surface area contributed by atoms with Crippen molar-refractivity contribution in [3.63, 3.8) is 0 Å². The first-order valence-electron chi connectivity index (χ1n) is 9.27. The molecular formula is C20H28BrNO3. The molecule has 138 valence electrons. The van der Waals surface area contributed by atoms with Crippen molar-refractivity contribution in [3.8, 4) is 5.75 Å². The van der Waals surface area contributed by atoms with Crippen molar-refractivity contribution < 1.29 is 14.3 Å². The zero-order valence-corrected chi connectivity index (χ0v) is 16.8. The summed E-state index contributed by atoms with van der Waals surface area (Å²) in [4.78, 5) is 13.7. The summed E-state index contributed by atoms with van der Waals surface area (Å²) in [5.74, 6) is 1.72. The first-order valence-corrected chi connectivity index (χ1v) is 10.1. The maximum atomic E-state index is 11.5. The SMILES string of the molecule is CCOC(=O)CN1CC2(CC(CCCOc3cccc(Br)c3C)C2)C1. The van der Waals surface area contributed by atoms with Gasteiger partial charge in [-0.3, -0.25) is 9.69 Å². The van der Waals surface area contributed by atoms with Crippen LogP contribution < -0.4 is 4.74 Å². The minimum atomic E-state index is -0.0896. The van der Waals surface area contributed by atoms with Gasteiger partial charge in [0, 0.05) is 23.1 Å². The third-order valence-electron chi connectivity index (χ3n) is 5.45. The molecule has 0 bridgehead atoms. The van der Waals surface area contributed by atoms with Gasteiger partial charge in [0.25, 0.3) is 0 Å². The number of nitrogens with zero attached hydrogens (tertiary/aromatic N) is 1. The van der Waals surface area contributed by atoms with E-state index in [1.165, 1.54) is 24.8 Å². The fourth-order valence-corrected chi connectivity index (χ4v) is 4.68.